The number of nitrogens with one attached hydrogen (secondary N) is 3. The van der Waals surface area contributed by atoms with Gasteiger partial charge >= 0.3 is 0 Å². The number of piperidine rings is 1. The monoisotopic (exact) mass is 299 g/mol. The minimum absolute atomic E-state index is 0. The van der Waals surface area contributed by atoms with Crippen molar-refractivity contribution >= 4 is 36.6 Å². The first kappa shape index (κ1) is 17.0. The molecular formula is C9H19Cl2N5S. The molecule has 2 rings (SSSR count). The minimum Gasteiger partial charge on any atom is -0.315 e. The Morgan fingerprint density at radius 1 is 1.47 bits per heavy atom. The molecule has 8 heteroatoms. The van der Waals surface area contributed by atoms with Gasteiger partial charge in [0.2, 0.25) is 0 Å². The SMILES string of the molecule is Cl.Cl.c1n[nH]c(SCCNC2CCCNC2)n1. The lowest BCUT2D eigenvalue weighted by Crippen LogP contribution is -2.43. The van der Waals surface area contributed by atoms with Crippen molar-refractivity contribution in [3.63, 3.8) is 0 Å². The van der Waals surface area contributed by atoms with Gasteiger partial charge in [-0.1, -0.05) is 11.8 Å². The third-order valence-corrected chi connectivity index (χ3v) is 3.34. The van der Waals surface area contributed by atoms with Crippen molar-refractivity contribution in [2.24, 2.45) is 0 Å². The van der Waals surface area contributed by atoms with E-state index in [1.165, 1.54) is 19.4 Å². The molecule has 1 saturated heterocycles. The van der Waals surface area contributed by atoms with Gasteiger partial charge in [-0.25, -0.2) is 4.98 Å². The number of rotatable bonds is 5. The van der Waals surface area contributed by atoms with Crippen molar-refractivity contribution in [1.29, 1.82) is 0 Å². The predicted octanol–water partition coefficient (Wildman–Crippen LogP) is 1.08. The zero-order valence-corrected chi connectivity index (χ0v) is 12.0. The topological polar surface area (TPSA) is 65.6 Å². The first-order valence-corrected chi connectivity index (χ1v) is 6.36. The Bertz CT molecular complexity index is 266. The lowest BCUT2D eigenvalue weighted by Gasteiger charge is -2.23. The first-order chi connectivity index (χ1) is 7.45. The summed E-state index contributed by atoms with van der Waals surface area (Å²) in [4.78, 5) is 4.06. The lowest BCUT2D eigenvalue weighted by atomic mass is 10.1. The van der Waals surface area contributed by atoms with Crippen molar-refractivity contribution < 1.29 is 0 Å². The van der Waals surface area contributed by atoms with Crippen molar-refractivity contribution in [3.05, 3.63) is 6.33 Å². The number of aromatic amines is 1. The normalized spacial score (nSPS) is 19.2. The summed E-state index contributed by atoms with van der Waals surface area (Å²) in [7, 11) is 0. The van der Waals surface area contributed by atoms with Gasteiger partial charge in [0.1, 0.15) is 6.33 Å². The van der Waals surface area contributed by atoms with Crippen LogP contribution in [0.15, 0.2) is 11.5 Å². The fraction of sp³-hybridized carbons (Fsp3) is 0.778. The smallest absolute Gasteiger partial charge is 0.183 e. The molecule has 100 valence electrons. The van der Waals surface area contributed by atoms with E-state index in [1.807, 2.05) is 0 Å². The van der Waals surface area contributed by atoms with Crippen LogP contribution in [0.4, 0.5) is 0 Å². The molecular weight excluding hydrogens is 281 g/mol. The van der Waals surface area contributed by atoms with Crippen LogP contribution in [0.3, 0.4) is 0 Å². The third-order valence-electron chi connectivity index (χ3n) is 2.46. The maximum Gasteiger partial charge on any atom is 0.183 e. The van der Waals surface area contributed by atoms with Crippen LogP contribution in [0.2, 0.25) is 0 Å². The highest BCUT2D eigenvalue weighted by Gasteiger charge is 2.11. The van der Waals surface area contributed by atoms with Gasteiger partial charge in [-0.2, -0.15) is 5.10 Å². The van der Waals surface area contributed by atoms with Crippen LogP contribution in [0.1, 0.15) is 12.8 Å². The molecule has 17 heavy (non-hydrogen) atoms. The van der Waals surface area contributed by atoms with Gasteiger partial charge in [0.25, 0.3) is 0 Å². The van der Waals surface area contributed by atoms with Gasteiger partial charge < -0.3 is 10.6 Å². The van der Waals surface area contributed by atoms with E-state index in [0.29, 0.717) is 6.04 Å². The van der Waals surface area contributed by atoms with Gasteiger partial charge in [-0.15, -0.1) is 24.8 Å². The lowest BCUT2D eigenvalue weighted by molar-refractivity contribution is 0.398. The van der Waals surface area contributed by atoms with E-state index in [1.54, 1.807) is 18.1 Å². The molecule has 1 aromatic heterocycles. The minimum atomic E-state index is 0. The van der Waals surface area contributed by atoms with Crippen molar-refractivity contribution in [2.45, 2.75) is 24.0 Å². The molecule has 2 heterocycles. The van der Waals surface area contributed by atoms with Crippen molar-refractivity contribution in [1.82, 2.24) is 25.8 Å². The molecule has 0 amide bonds. The van der Waals surface area contributed by atoms with E-state index in [4.69, 9.17) is 0 Å². The van der Waals surface area contributed by atoms with Gasteiger partial charge in [0, 0.05) is 24.9 Å². The highest BCUT2D eigenvalue weighted by Crippen LogP contribution is 2.09. The molecule has 1 unspecified atom stereocenters. The Labute approximate surface area is 118 Å². The van der Waals surface area contributed by atoms with E-state index in [0.717, 1.165) is 24.0 Å². The highest BCUT2D eigenvalue weighted by molar-refractivity contribution is 7.99. The van der Waals surface area contributed by atoms with Crippen molar-refractivity contribution in [2.75, 3.05) is 25.4 Å². The number of hydrogen-bond donors (Lipinski definition) is 3. The van der Waals surface area contributed by atoms with Gasteiger partial charge in [-0.05, 0) is 19.4 Å². The Morgan fingerprint density at radius 2 is 2.35 bits per heavy atom. The van der Waals surface area contributed by atoms with Gasteiger partial charge in [0.05, 0.1) is 0 Å². The number of hydrogen-bond acceptors (Lipinski definition) is 5. The zero-order chi connectivity index (χ0) is 10.3. The molecule has 0 bridgehead atoms. The summed E-state index contributed by atoms with van der Waals surface area (Å²) in [5.41, 5.74) is 0. The Morgan fingerprint density at radius 3 is 3.00 bits per heavy atom. The van der Waals surface area contributed by atoms with E-state index in [-0.39, 0.29) is 24.8 Å². The second-order valence-electron chi connectivity index (χ2n) is 3.64. The summed E-state index contributed by atoms with van der Waals surface area (Å²) in [5.74, 6) is 1.03. The number of thioether (sulfide) groups is 1. The summed E-state index contributed by atoms with van der Waals surface area (Å²) in [6.07, 6.45) is 4.12. The molecule has 0 saturated carbocycles. The average Bonchev–Trinajstić information content (AvgIpc) is 2.79. The Balaban J connectivity index is 0.00000128. The summed E-state index contributed by atoms with van der Waals surface area (Å²) in [6.45, 7) is 3.30. The molecule has 1 aliphatic rings. The molecule has 1 aliphatic heterocycles. The maximum absolute atomic E-state index is 4.06. The van der Waals surface area contributed by atoms with Gasteiger partial charge in [0.15, 0.2) is 5.16 Å². The molecule has 0 spiro atoms. The fourth-order valence-corrected chi connectivity index (χ4v) is 2.35. The number of H-pyrrole nitrogens is 1. The van der Waals surface area contributed by atoms with Crippen LogP contribution in [0.25, 0.3) is 0 Å². The van der Waals surface area contributed by atoms with Crippen LogP contribution in [-0.2, 0) is 0 Å². The van der Waals surface area contributed by atoms with Crippen LogP contribution in [0.5, 0.6) is 0 Å². The van der Waals surface area contributed by atoms with Crippen LogP contribution in [-0.4, -0.2) is 46.6 Å². The van der Waals surface area contributed by atoms with E-state index in [2.05, 4.69) is 25.8 Å². The molecule has 0 aromatic carbocycles. The quantitative estimate of drug-likeness (QED) is 0.561. The van der Waals surface area contributed by atoms with Gasteiger partial charge in [-0.3, -0.25) is 5.10 Å². The predicted molar refractivity (Wildman–Crippen MR) is 75.5 cm³/mol. The molecule has 1 aromatic rings. The molecule has 0 aliphatic carbocycles. The highest BCUT2D eigenvalue weighted by atomic mass is 35.5. The zero-order valence-electron chi connectivity index (χ0n) is 9.52. The average molecular weight is 300 g/mol. The standard InChI is InChI=1S/C9H17N5S.2ClH/c1-2-8(6-10-3-1)11-4-5-15-9-12-7-13-14-9;;/h7-8,10-11H,1-6H2,(H,12,13,14);2*1H. The van der Waals surface area contributed by atoms with Crippen LogP contribution in [0, 0.1) is 0 Å². The number of halogens is 2. The molecule has 5 nitrogen and oxygen atoms in total. The largest absolute Gasteiger partial charge is 0.315 e. The van der Waals surface area contributed by atoms with Crippen LogP contribution < -0.4 is 10.6 Å². The fourth-order valence-electron chi connectivity index (χ4n) is 1.70. The van der Waals surface area contributed by atoms with E-state index < -0.39 is 0 Å². The Hall–Kier alpha value is -0.0100. The second kappa shape index (κ2) is 9.96. The van der Waals surface area contributed by atoms with E-state index >= 15 is 0 Å². The first-order valence-electron chi connectivity index (χ1n) is 5.37. The molecule has 3 N–H and O–H groups in total. The molecule has 1 fully saturated rings. The van der Waals surface area contributed by atoms with Crippen molar-refractivity contribution in [3.8, 4) is 0 Å². The summed E-state index contributed by atoms with van der Waals surface area (Å²) < 4.78 is 0. The third kappa shape index (κ3) is 6.47. The number of aromatic nitrogens is 3. The second-order valence-corrected chi connectivity index (χ2v) is 4.72. The van der Waals surface area contributed by atoms with E-state index in [9.17, 15) is 0 Å². The summed E-state index contributed by atoms with van der Waals surface area (Å²) in [6, 6.07) is 0.647. The molecule has 1 atom stereocenters. The molecule has 0 radical (unpaired) electrons. The summed E-state index contributed by atoms with van der Waals surface area (Å²) >= 11 is 1.70. The maximum atomic E-state index is 4.06. The summed E-state index contributed by atoms with van der Waals surface area (Å²) in [5, 5.41) is 14.5. The Kier molecular flexibility index (Phi) is 9.96. The number of nitrogens with zero attached hydrogens (tertiary/aromatic N) is 2. The van der Waals surface area contributed by atoms with Crippen LogP contribution >= 0.6 is 36.6 Å².